The van der Waals surface area contributed by atoms with Crippen molar-refractivity contribution < 1.29 is 19.4 Å². The van der Waals surface area contributed by atoms with Gasteiger partial charge in [0, 0.05) is 18.5 Å². The van der Waals surface area contributed by atoms with Crippen LogP contribution < -0.4 is 0 Å². The van der Waals surface area contributed by atoms with Crippen LogP contribution in [0.25, 0.3) is 9.88 Å². The first kappa shape index (κ1) is 15.1. The van der Waals surface area contributed by atoms with E-state index in [9.17, 15) is 9.59 Å². The van der Waals surface area contributed by atoms with Crippen molar-refractivity contribution in [3.05, 3.63) is 28.6 Å². The molecule has 0 bridgehead atoms. The monoisotopic (exact) mass is 338 g/mol. The first-order valence-electron chi connectivity index (χ1n) is 6.75. The summed E-state index contributed by atoms with van der Waals surface area (Å²) in [4.78, 5) is 30.3. The SMILES string of the molecule is O=C(O)CC1CN(C(=O)c2csc(-c3cccs3)n2)CCO1. The van der Waals surface area contributed by atoms with Gasteiger partial charge in [0.05, 0.1) is 24.0 Å². The van der Waals surface area contributed by atoms with Crippen LogP contribution in [-0.4, -0.2) is 52.7 Å². The fourth-order valence-electron chi connectivity index (χ4n) is 2.27. The number of thiophene rings is 1. The average molecular weight is 338 g/mol. The predicted molar refractivity (Wildman–Crippen MR) is 83.3 cm³/mol. The highest BCUT2D eigenvalue weighted by Crippen LogP contribution is 2.28. The second-order valence-corrected chi connectivity index (χ2v) is 6.66. The van der Waals surface area contributed by atoms with Gasteiger partial charge in [0.15, 0.2) is 0 Å². The molecule has 1 unspecified atom stereocenters. The molecule has 2 aromatic rings. The van der Waals surface area contributed by atoms with Crippen LogP contribution in [0.3, 0.4) is 0 Å². The smallest absolute Gasteiger partial charge is 0.306 e. The van der Waals surface area contributed by atoms with E-state index in [1.807, 2.05) is 17.5 Å². The molecule has 0 saturated carbocycles. The van der Waals surface area contributed by atoms with E-state index in [0.717, 1.165) is 9.88 Å². The number of carbonyl (C=O) groups excluding carboxylic acids is 1. The standard InChI is InChI=1S/C14H14N2O4S2/c17-12(18)6-9-7-16(3-4-20-9)14(19)10-8-22-13(15-10)11-2-1-5-21-11/h1-2,5,8-9H,3-4,6-7H2,(H,17,18). The van der Waals surface area contributed by atoms with E-state index in [2.05, 4.69) is 4.98 Å². The Morgan fingerprint density at radius 3 is 3.05 bits per heavy atom. The predicted octanol–water partition coefficient (Wildman–Crippen LogP) is 2.19. The summed E-state index contributed by atoms with van der Waals surface area (Å²) in [5, 5.41) is 13.4. The first-order valence-corrected chi connectivity index (χ1v) is 8.51. The molecule has 0 spiro atoms. The van der Waals surface area contributed by atoms with E-state index in [1.165, 1.54) is 11.3 Å². The van der Waals surface area contributed by atoms with Gasteiger partial charge in [0.2, 0.25) is 0 Å². The van der Waals surface area contributed by atoms with Crippen LogP contribution in [0, 0.1) is 0 Å². The summed E-state index contributed by atoms with van der Waals surface area (Å²) in [5.74, 6) is -1.09. The fraction of sp³-hybridized carbons (Fsp3) is 0.357. The van der Waals surface area contributed by atoms with Gasteiger partial charge in [0.1, 0.15) is 10.7 Å². The molecule has 22 heavy (non-hydrogen) atoms. The quantitative estimate of drug-likeness (QED) is 0.924. The molecule has 1 fully saturated rings. The summed E-state index contributed by atoms with van der Waals surface area (Å²) in [6, 6.07) is 3.91. The minimum absolute atomic E-state index is 0.0959. The molecule has 116 valence electrons. The summed E-state index contributed by atoms with van der Waals surface area (Å²) in [6.45, 7) is 1.10. The molecule has 0 radical (unpaired) electrons. The number of morpholine rings is 1. The second kappa shape index (κ2) is 6.55. The number of carboxylic acids is 1. The van der Waals surface area contributed by atoms with Crippen LogP contribution in [0.15, 0.2) is 22.9 Å². The number of amides is 1. The molecule has 1 saturated heterocycles. The summed E-state index contributed by atoms with van der Waals surface area (Å²) in [6.07, 6.45) is -0.549. The number of ether oxygens (including phenoxy) is 1. The number of hydrogen-bond donors (Lipinski definition) is 1. The lowest BCUT2D eigenvalue weighted by Crippen LogP contribution is -2.46. The third-order valence-electron chi connectivity index (χ3n) is 3.28. The van der Waals surface area contributed by atoms with Gasteiger partial charge in [-0.15, -0.1) is 22.7 Å². The van der Waals surface area contributed by atoms with Crippen molar-refractivity contribution in [1.29, 1.82) is 0 Å². The van der Waals surface area contributed by atoms with Crippen molar-refractivity contribution in [3.8, 4) is 9.88 Å². The second-order valence-electron chi connectivity index (χ2n) is 4.86. The van der Waals surface area contributed by atoms with Crippen molar-refractivity contribution in [2.45, 2.75) is 12.5 Å². The summed E-state index contributed by atoms with van der Waals surface area (Å²) < 4.78 is 5.38. The molecule has 0 aromatic carbocycles. The third kappa shape index (κ3) is 3.34. The van der Waals surface area contributed by atoms with E-state index >= 15 is 0 Å². The van der Waals surface area contributed by atoms with Crippen molar-refractivity contribution in [1.82, 2.24) is 9.88 Å². The Labute approximate surface area is 135 Å². The van der Waals surface area contributed by atoms with Gasteiger partial charge in [-0.1, -0.05) is 6.07 Å². The number of rotatable bonds is 4. The molecule has 8 heteroatoms. The van der Waals surface area contributed by atoms with Gasteiger partial charge in [-0.2, -0.15) is 0 Å². The Morgan fingerprint density at radius 1 is 1.45 bits per heavy atom. The van der Waals surface area contributed by atoms with Crippen molar-refractivity contribution >= 4 is 34.6 Å². The molecule has 3 heterocycles. The summed E-state index contributed by atoms with van der Waals surface area (Å²) >= 11 is 3.02. The van der Waals surface area contributed by atoms with Crippen molar-refractivity contribution in [2.75, 3.05) is 19.7 Å². The molecular weight excluding hydrogens is 324 g/mol. The highest BCUT2D eigenvalue weighted by molar-refractivity contribution is 7.20. The summed E-state index contributed by atoms with van der Waals surface area (Å²) in [7, 11) is 0. The van der Waals surface area contributed by atoms with Crippen molar-refractivity contribution in [2.24, 2.45) is 0 Å². The minimum Gasteiger partial charge on any atom is -0.481 e. The number of thiazole rings is 1. The highest BCUT2D eigenvalue weighted by Gasteiger charge is 2.27. The van der Waals surface area contributed by atoms with Gasteiger partial charge >= 0.3 is 5.97 Å². The fourth-order valence-corrected chi connectivity index (χ4v) is 3.88. The van der Waals surface area contributed by atoms with Gasteiger partial charge < -0.3 is 14.7 Å². The molecule has 1 N–H and O–H groups in total. The van der Waals surface area contributed by atoms with E-state index in [4.69, 9.17) is 9.84 Å². The molecule has 0 aliphatic carbocycles. The average Bonchev–Trinajstić information content (AvgIpc) is 3.17. The maximum atomic E-state index is 12.5. The Kier molecular flexibility index (Phi) is 4.51. The normalized spacial score (nSPS) is 18.4. The van der Waals surface area contributed by atoms with Gasteiger partial charge in [-0.3, -0.25) is 9.59 Å². The molecule has 2 aromatic heterocycles. The van der Waals surface area contributed by atoms with Gasteiger partial charge in [0.25, 0.3) is 5.91 Å². The molecule has 3 rings (SSSR count). The van der Waals surface area contributed by atoms with E-state index < -0.39 is 12.1 Å². The number of aliphatic carboxylic acids is 1. The van der Waals surface area contributed by atoms with Gasteiger partial charge in [-0.05, 0) is 11.4 Å². The Hall–Kier alpha value is -1.77. The van der Waals surface area contributed by atoms with Crippen LogP contribution in [0.5, 0.6) is 0 Å². The zero-order valence-corrected chi connectivity index (χ0v) is 13.2. The number of aromatic nitrogens is 1. The molecule has 1 amide bonds. The number of carboxylic acid groups (broad SMARTS) is 1. The number of hydrogen-bond acceptors (Lipinski definition) is 6. The summed E-state index contributed by atoms with van der Waals surface area (Å²) in [5.41, 5.74) is 0.407. The number of carbonyl (C=O) groups is 2. The molecule has 6 nitrogen and oxygen atoms in total. The zero-order valence-electron chi connectivity index (χ0n) is 11.6. The lowest BCUT2D eigenvalue weighted by molar-refractivity contribution is -0.141. The van der Waals surface area contributed by atoms with Crippen LogP contribution >= 0.6 is 22.7 Å². The Morgan fingerprint density at radius 2 is 2.32 bits per heavy atom. The maximum Gasteiger partial charge on any atom is 0.306 e. The largest absolute Gasteiger partial charge is 0.481 e. The third-order valence-corrected chi connectivity index (χ3v) is 5.16. The molecular formula is C14H14N2O4S2. The van der Waals surface area contributed by atoms with Crippen LogP contribution in [0.2, 0.25) is 0 Å². The number of nitrogens with zero attached hydrogens (tertiary/aromatic N) is 2. The van der Waals surface area contributed by atoms with Crippen LogP contribution in [-0.2, 0) is 9.53 Å². The van der Waals surface area contributed by atoms with Crippen LogP contribution in [0.4, 0.5) is 0 Å². The van der Waals surface area contributed by atoms with E-state index in [-0.39, 0.29) is 18.9 Å². The lowest BCUT2D eigenvalue weighted by Gasteiger charge is -2.31. The molecule has 1 atom stereocenters. The van der Waals surface area contributed by atoms with Crippen LogP contribution in [0.1, 0.15) is 16.9 Å². The Bertz CT molecular complexity index is 668. The molecule has 1 aliphatic rings. The van der Waals surface area contributed by atoms with E-state index in [0.29, 0.717) is 18.8 Å². The maximum absolute atomic E-state index is 12.5. The Balaban J connectivity index is 1.69. The van der Waals surface area contributed by atoms with Gasteiger partial charge in [-0.25, -0.2) is 4.98 Å². The topological polar surface area (TPSA) is 79.7 Å². The highest BCUT2D eigenvalue weighted by atomic mass is 32.1. The first-order chi connectivity index (χ1) is 10.6. The minimum atomic E-state index is -0.923. The lowest BCUT2D eigenvalue weighted by atomic mass is 10.2. The molecule has 1 aliphatic heterocycles. The van der Waals surface area contributed by atoms with Crippen molar-refractivity contribution in [3.63, 3.8) is 0 Å². The van der Waals surface area contributed by atoms with E-state index in [1.54, 1.807) is 21.6 Å². The zero-order chi connectivity index (χ0) is 15.5.